The zero-order valence-electron chi connectivity index (χ0n) is 39.5. The van der Waals surface area contributed by atoms with Crippen molar-refractivity contribution in [1.82, 2.24) is 0 Å². The van der Waals surface area contributed by atoms with Crippen molar-refractivity contribution >= 4 is 5.97 Å². The van der Waals surface area contributed by atoms with Gasteiger partial charge in [0, 0.05) is 13.0 Å². The van der Waals surface area contributed by atoms with Crippen LogP contribution in [0, 0.1) is 0 Å². The summed E-state index contributed by atoms with van der Waals surface area (Å²) in [5.41, 5.74) is 0. The van der Waals surface area contributed by atoms with E-state index in [1.807, 2.05) is 0 Å². The predicted molar refractivity (Wildman–Crippen MR) is 247 cm³/mol. The number of esters is 1. The fraction of sp³-hybridized carbons (Fsp3) is 0.860. The van der Waals surface area contributed by atoms with Crippen LogP contribution in [0.25, 0.3) is 0 Å². The van der Waals surface area contributed by atoms with Gasteiger partial charge in [0.2, 0.25) is 0 Å². The molecule has 0 aromatic heterocycles. The number of rotatable bonds is 39. The van der Waals surface area contributed by atoms with Crippen LogP contribution in [-0.2, 0) is 33.2 Å². The number of aliphatic hydroxyl groups excluding tert-OH is 7. The lowest BCUT2D eigenvalue weighted by Gasteiger charge is -2.42. The molecule has 11 atom stereocenters. The molecule has 2 aliphatic rings. The summed E-state index contributed by atoms with van der Waals surface area (Å²) in [5, 5.41) is 71.7. The zero-order valence-corrected chi connectivity index (χ0v) is 39.5. The molecule has 2 saturated heterocycles. The summed E-state index contributed by atoms with van der Waals surface area (Å²) in [5.74, 6) is -0.395. The number of aliphatic hydroxyl groups is 7. The Morgan fingerprint density at radius 3 is 1.52 bits per heavy atom. The third-order valence-electron chi connectivity index (χ3n) is 11.9. The van der Waals surface area contributed by atoms with E-state index in [0.29, 0.717) is 13.0 Å². The second kappa shape index (κ2) is 38.2. The second-order valence-electron chi connectivity index (χ2n) is 17.6. The summed E-state index contributed by atoms with van der Waals surface area (Å²) in [7, 11) is 0. The molecular formula is C50H90O14. The van der Waals surface area contributed by atoms with Gasteiger partial charge in [-0.15, -0.1) is 0 Å². The van der Waals surface area contributed by atoms with Gasteiger partial charge in [0.15, 0.2) is 12.6 Å². The van der Waals surface area contributed by atoms with E-state index < -0.39 is 86.7 Å². The van der Waals surface area contributed by atoms with Crippen molar-refractivity contribution in [2.45, 2.75) is 242 Å². The summed E-state index contributed by atoms with van der Waals surface area (Å²) in [4.78, 5) is 12.7. The van der Waals surface area contributed by atoms with Gasteiger partial charge >= 0.3 is 5.97 Å². The predicted octanol–water partition coefficient (Wildman–Crippen LogP) is 7.02. The standard InChI is InChI=1S/C50H90O14/c1-3-5-7-9-10-11-12-13-14-15-16-17-18-19-20-21-22-23-24-25-26-27-28-29-30-32-34-59-36-39(62-42(52)33-31-8-6-4-2)37-60-49-48(58)46(56)44(54)41(64-49)38-61-50-47(57)45(55)43(53)40(35-51)63-50/h12-13,15-16,18-19,39-41,43-51,53-58H,3-11,14,17,20-38H2,1-2H3/b13-12-,16-15-,19-18-. The highest BCUT2D eigenvalue weighted by atomic mass is 16.7. The number of carbonyl (C=O) groups is 1. The van der Waals surface area contributed by atoms with Gasteiger partial charge in [0.25, 0.3) is 0 Å². The van der Waals surface area contributed by atoms with Crippen molar-refractivity contribution < 1.29 is 69.0 Å². The lowest BCUT2D eigenvalue weighted by Crippen LogP contribution is -2.61. The van der Waals surface area contributed by atoms with E-state index in [4.69, 9.17) is 28.4 Å². The highest BCUT2D eigenvalue weighted by Crippen LogP contribution is 2.26. The first-order valence-corrected chi connectivity index (χ1v) is 25.1. The average molecular weight is 915 g/mol. The van der Waals surface area contributed by atoms with Crippen LogP contribution < -0.4 is 0 Å². The highest BCUT2D eigenvalue weighted by molar-refractivity contribution is 5.69. The third-order valence-corrected chi connectivity index (χ3v) is 11.9. The molecule has 0 aromatic carbocycles. The molecule has 2 heterocycles. The van der Waals surface area contributed by atoms with Crippen LogP contribution >= 0.6 is 0 Å². The quantitative estimate of drug-likeness (QED) is 0.0188. The Balaban J connectivity index is 1.60. The average Bonchev–Trinajstić information content (AvgIpc) is 3.29. The number of allylic oxidation sites excluding steroid dienone is 6. The van der Waals surface area contributed by atoms with E-state index in [2.05, 4.69) is 50.3 Å². The molecule has 0 spiro atoms. The van der Waals surface area contributed by atoms with E-state index in [-0.39, 0.29) is 19.6 Å². The zero-order chi connectivity index (χ0) is 46.6. The topological polar surface area (TPSA) is 214 Å². The molecule has 14 nitrogen and oxygen atoms in total. The first kappa shape index (κ1) is 58.3. The highest BCUT2D eigenvalue weighted by Gasteiger charge is 2.47. The monoisotopic (exact) mass is 915 g/mol. The van der Waals surface area contributed by atoms with E-state index in [9.17, 15) is 40.5 Å². The minimum Gasteiger partial charge on any atom is -0.457 e. The van der Waals surface area contributed by atoms with Crippen LogP contribution in [0.5, 0.6) is 0 Å². The van der Waals surface area contributed by atoms with Crippen LogP contribution in [0.3, 0.4) is 0 Å². The van der Waals surface area contributed by atoms with Gasteiger partial charge in [0.05, 0.1) is 26.4 Å². The lowest BCUT2D eigenvalue weighted by molar-refractivity contribution is -0.332. The molecule has 0 saturated carbocycles. The van der Waals surface area contributed by atoms with Gasteiger partial charge in [-0.3, -0.25) is 4.79 Å². The van der Waals surface area contributed by atoms with Crippen LogP contribution in [0.1, 0.15) is 174 Å². The number of ether oxygens (including phenoxy) is 6. The van der Waals surface area contributed by atoms with Crippen molar-refractivity contribution in [2.75, 3.05) is 33.0 Å². The Kier molecular flexibility index (Phi) is 34.8. The summed E-state index contributed by atoms with van der Waals surface area (Å²) in [6.07, 6.45) is 25.9. The molecule has 14 heteroatoms. The van der Waals surface area contributed by atoms with Gasteiger partial charge < -0.3 is 64.2 Å². The maximum Gasteiger partial charge on any atom is 0.306 e. The first-order chi connectivity index (χ1) is 31.1. The molecule has 0 amide bonds. The second-order valence-corrected chi connectivity index (χ2v) is 17.6. The Morgan fingerprint density at radius 2 is 0.969 bits per heavy atom. The van der Waals surface area contributed by atoms with E-state index in [0.717, 1.165) is 51.4 Å². The molecule has 2 fully saturated rings. The van der Waals surface area contributed by atoms with Gasteiger partial charge in [-0.1, -0.05) is 153 Å². The van der Waals surface area contributed by atoms with Crippen molar-refractivity contribution in [1.29, 1.82) is 0 Å². The number of unbranched alkanes of at least 4 members (excludes halogenated alkanes) is 19. The summed E-state index contributed by atoms with van der Waals surface area (Å²) in [6.45, 7) is 3.53. The van der Waals surface area contributed by atoms with Gasteiger partial charge in [-0.25, -0.2) is 0 Å². The molecule has 7 N–H and O–H groups in total. The normalized spacial score (nSPS) is 27.0. The minimum atomic E-state index is -1.70. The number of hydrogen-bond acceptors (Lipinski definition) is 14. The van der Waals surface area contributed by atoms with Gasteiger partial charge in [-0.2, -0.15) is 0 Å². The first-order valence-electron chi connectivity index (χ1n) is 25.1. The molecule has 11 unspecified atom stereocenters. The van der Waals surface area contributed by atoms with E-state index in [1.54, 1.807) is 0 Å². The minimum absolute atomic E-state index is 0.0589. The SMILES string of the molecule is CCCCCCC/C=C\C/C=C\C/C=C\CCCCCCCCCCCCCOCC(COC1OC(COC2OC(CO)C(O)C(O)C2O)C(O)C(O)C1O)OC(=O)CCCCCC. The smallest absolute Gasteiger partial charge is 0.306 e. The lowest BCUT2D eigenvalue weighted by atomic mass is 9.98. The fourth-order valence-corrected chi connectivity index (χ4v) is 7.76. The Labute approximate surface area is 385 Å². The van der Waals surface area contributed by atoms with Crippen LogP contribution in [-0.4, -0.2) is 142 Å². The third kappa shape index (κ3) is 25.9. The largest absolute Gasteiger partial charge is 0.457 e. The number of hydrogen-bond donors (Lipinski definition) is 7. The molecular weight excluding hydrogens is 825 g/mol. The molecule has 64 heavy (non-hydrogen) atoms. The number of carbonyl (C=O) groups excluding carboxylic acids is 1. The van der Waals surface area contributed by atoms with Gasteiger partial charge in [-0.05, 0) is 51.4 Å². The van der Waals surface area contributed by atoms with Crippen LogP contribution in [0.4, 0.5) is 0 Å². The summed E-state index contributed by atoms with van der Waals surface area (Å²) < 4.78 is 34.0. The molecule has 0 bridgehead atoms. The fourth-order valence-electron chi connectivity index (χ4n) is 7.76. The molecule has 374 valence electrons. The molecule has 0 radical (unpaired) electrons. The van der Waals surface area contributed by atoms with Crippen LogP contribution in [0.15, 0.2) is 36.5 Å². The van der Waals surface area contributed by atoms with Crippen molar-refractivity contribution in [2.24, 2.45) is 0 Å². The van der Waals surface area contributed by atoms with E-state index >= 15 is 0 Å². The van der Waals surface area contributed by atoms with Crippen LogP contribution in [0.2, 0.25) is 0 Å². The van der Waals surface area contributed by atoms with Crippen molar-refractivity contribution in [3.63, 3.8) is 0 Å². The maximum atomic E-state index is 12.7. The van der Waals surface area contributed by atoms with Crippen molar-refractivity contribution in [3.05, 3.63) is 36.5 Å². The maximum absolute atomic E-state index is 12.7. The van der Waals surface area contributed by atoms with Crippen molar-refractivity contribution in [3.8, 4) is 0 Å². The Hall–Kier alpha value is -1.79. The molecule has 0 aliphatic carbocycles. The van der Waals surface area contributed by atoms with Gasteiger partial charge in [0.1, 0.15) is 54.9 Å². The summed E-state index contributed by atoms with van der Waals surface area (Å²) in [6, 6.07) is 0. The Morgan fingerprint density at radius 1 is 0.516 bits per heavy atom. The molecule has 2 rings (SSSR count). The molecule has 2 aliphatic heterocycles. The molecule has 0 aromatic rings. The summed E-state index contributed by atoms with van der Waals surface area (Å²) >= 11 is 0. The van der Waals surface area contributed by atoms with E-state index in [1.165, 1.54) is 96.3 Å². The Bertz CT molecular complexity index is 1200.